The Kier molecular flexibility index (Phi) is 4.33. The summed E-state index contributed by atoms with van der Waals surface area (Å²) in [4.78, 5) is 20.2. The number of nitrogens with zero attached hydrogens (tertiary/aromatic N) is 5. The Morgan fingerprint density at radius 1 is 1.10 bits per heavy atom. The van der Waals surface area contributed by atoms with E-state index in [2.05, 4.69) is 25.2 Å². The number of rotatable bonds is 5. The smallest absolute Gasteiger partial charge is 0.255 e. The van der Waals surface area contributed by atoms with Crippen molar-refractivity contribution in [2.45, 2.75) is 50.7 Å². The predicted octanol–water partition coefficient (Wildman–Crippen LogP) is 3.36. The summed E-state index contributed by atoms with van der Waals surface area (Å²) in [5.41, 5.74) is 5.28. The van der Waals surface area contributed by atoms with Crippen LogP contribution in [0.25, 0.3) is 10.9 Å². The quantitative estimate of drug-likeness (QED) is 0.545. The van der Waals surface area contributed by atoms with E-state index in [-0.39, 0.29) is 11.9 Å². The number of H-pyrrole nitrogens is 1. The van der Waals surface area contributed by atoms with Gasteiger partial charge in [0.15, 0.2) is 0 Å². The number of hydrogen-bond acceptors (Lipinski definition) is 4. The first-order chi connectivity index (χ1) is 15.3. The lowest BCUT2D eigenvalue weighted by atomic mass is 9.91. The molecule has 1 fully saturated rings. The second kappa shape index (κ2) is 7.34. The molecular weight excluding hydrogens is 388 g/mol. The van der Waals surface area contributed by atoms with Gasteiger partial charge in [-0.1, -0.05) is 12.1 Å². The molecule has 2 aliphatic carbocycles. The van der Waals surface area contributed by atoms with Gasteiger partial charge in [0.05, 0.1) is 30.0 Å². The molecule has 0 saturated heterocycles. The number of aromatic amines is 1. The Labute approximate surface area is 180 Å². The Morgan fingerprint density at radius 3 is 2.87 bits per heavy atom. The van der Waals surface area contributed by atoms with E-state index in [1.54, 1.807) is 6.20 Å². The molecule has 3 aromatic heterocycles. The number of aryl methyl sites for hydroxylation is 1. The molecule has 0 radical (unpaired) electrons. The maximum atomic E-state index is 13.8. The third-order valence-electron chi connectivity index (χ3n) is 6.53. The Morgan fingerprint density at radius 2 is 2.03 bits per heavy atom. The first-order valence-corrected chi connectivity index (χ1v) is 10.9. The van der Waals surface area contributed by atoms with Gasteiger partial charge in [-0.05, 0) is 61.4 Å². The molecule has 7 heteroatoms. The monoisotopic (exact) mass is 412 g/mol. The van der Waals surface area contributed by atoms with E-state index in [9.17, 15) is 4.79 Å². The van der Waals surface area contributed by atoms with Crippen molar-refractivity contribution in [1.82, 2.24) is 29.9 Å². The molecule has 156 valence electrons. The highest BCUT2D eigenvalue weighted by Crippen LogP contribution is 2.35. The minimum atomic E-state index is 0.131. The maximum absolute atomic E-state index is 13.8. The highest BCUT2D eigenvalue weighted by Gasteiger charge is 2.39. The highest BCUT2D eigenvalue weighted by atomic mass is 16.2. The van der Waals surface area contributed by atoms with Crippen LogP contribution in [-0.4, -0.2) is 47.9 Å². The molecule has 1 N–H and O–H groups in total. The molecule has 1 aromatic carbocycles. The van der Waals surface area contributed by atoms with Crippen molar-refractivity contribution in [3.63, 3.8) is 0 Å². The molecule has 1 unspecified atom stereocenters. The van der Waals surface area contributed by atoms with E-state index >= 15 is 0 Å². The molecular formula is C24H24N6O. The van der Waals surface area contributed by atoms with Gasteiger partial charge >= 0.3 is 0 Å². The molecule has 0 spiro atoms. The lowest BCUT2D eigenvalue weighted by molar-refractivity contribution is 0.0645. The van der Waals surface area contributed by atoms with Gasteiger partial charge < -0.3 is 4.90 Å². The summed E-state index contributed by atoms with van der Waals surface area (Å²) in [5.74, 6) is 0.131. The summed E-state index contributed by atoms with van der Waals surface area (Å²) >= 11 is 0. The van der Waals surface area contributed by atoms with Gasteiger partial charge in [-0.25, -0.2) is 0 Å². The summed E-state index contributed by atoms with van der Waals surface area (Å²) in [6.45, 7) is 0.632. The van der Waals surface area contributed by atoms with Crippen LogP contribution in [0.2, 0.25) is 0 Å². The largest absolute Gasteiger partial charge is 0.332 e. The Hall–Kier alpha value is -3.48. The number of benzene rings is 1. The highest BCUT2D eigenvalue weighted by molar-refractivity contribution is 6.06. The number of carbonyl (C=O) groups excluding carboxylic acids is 1. The van der Waals surface area contributed by atoms with Crippen molar-refractivity contribution >= 4 is 16.8 Å². The summed E-state index contributed by atoms with van der Waals surface area (Å²) in [6.07, 6.45) is 12.4. The second-order valence-corrected chi connectivity index (χ2v) is 8.62. The fourth-order valence-electron chi connectivity index (χ4n) is 4.84. The minimum absolute atomic E-state index is 0.131. The number of fused-ring (bicyclic) bond motifs is 2. The van der Waals surface area contributed by atoms with Crippen LogP contribution < -0.4 is 0 Å². The molecule has 2 aliphatic rings. The molecule has 7 nitrogen and oxygen atoms in total. The lowest BCUT2D eigenvalue weighted by Crippen LogP contribution is -2.44. The number of hydrogen-bond donors (Lipinski definition) is 1. The van der Waals surface area contributed by atoms with Gasteiger partial charge in [-0.3, -0.25) is 19.6 Å². The fourth-order valence-corrected chi connectivity index (χ4v) is 4.84. The molecule has 0 bridgehead atoms. The number of nitrogens with one attached hydrogen (secondary N) is 1. The van der Waals surface area contributed by atoms with Crippen LogP contribution in [0.4, 0.5) is 0 Å². The minimum Gasteiger partial charge on any atom is -0.332 e. The molecule has 3 heterocycles. The van der Waals surface area contributed by atoms with Crippen LogP contribution in [0.15, 0.2) is 55.1 Å². The van der Waals surface area contributed by atoms with Crippen molar-refractivity contribution in [2.75, 3.05) is 0 Å². The van der Waals surface area contributed by atoms with E-state index < -0.39 is 0 Å². The van der Waals surface area contributed by atoms with Crippen LogP contribution in [0.1, 0.15) is 46.4 Å². The predicted molar refractivity (Wildman–Crippen MR) is 117 cm³/mol. The maximum Gasteiger partial charge on any atom is 0.255 e. The van der Waals surface area contributed by atoms with E-state index in [1.165, 1.54) is 11.3 Å². The van der Waals surface area contributed by atoms with E-state index in [1.807, 2.05) is 53.6 Å². The zero-order valence-corrected chi connectivity index (χ0v) is 17.2. The number of amides is 1. The van der Waals surface area contributed by atoms with Crippen molar-refractivity contribution in [2.24, 2.45) is 0 Å². The van der Waals surface area contributed by atoms with E-state index in [4.69, 9.17) is 0 Å². The van der Waals surface area contributed by atoms with Crippen LogP contribution in [-0.2, 0) is 19.4 Å². The third-order valence-corrected chi connectivity index (χ3v) is 6.53. The number of pyridine rings is 1. The second-order valence-electron chi connectivity index (χ2n) is 8.62. The van der Waals surface area contributed by atoms with Crippen molar-refractivity contribution in [3.05, 3.63) is 77.5 Å². The van der Waals surface area contributed by atoms with E-state index in [0.717, 1.165) is 54.1 Å². The van der Waals surface area contributed by atoms with Crippen LogP contribution in [0.3, 0.4) is 0 Å². The van der Waals surface area contributed by atoms with Crippen molar-refractivity contribution in [3.8, 4) is 0 Å². The van der Waals surface area contributed by atoms with Gasteiger partial charge in [-0.2, -0.15) is 10.2 Å². The molecule has 6 rings (SSSR count). The van der Waals surface area contributed by atoms with Gasteiger partial charge in [0.1, 0.15) is 0 Å². The van der Waals surface area contributed by atoms with Gasteiger partial charge in [0.25, 0.3) is 5.91 Å². The molecule has 1 saturated carbocycles. The molecule has 31 heavy (non-hydrogen) atoms. The SMILES string of the molecule is O=C(c1cccc2c1cnn2Cc1cccnc1)N(C1CC1)C1CCc2[nH]ncc2C1. The molecule has 4 aromatic rings. The third kappa shape index (κ3) is 3.30. The lowest BCUT2D eigenvalue weighted by Gasteiger charge is -2.34. The van der Waals surface area contributed by atoms with Crippen LogP contribution in [0.5, 0.6) is 0 Å². The van der Waals surface area contributed by atoms with Crippen LogP contribution in [0, 0.1) is 0 Å². The molecule has 0 aliphatic heterocycles. The zero-order valence-electron chi connectivity index (χ0n) is 17.2. The summed E-state index contributed by atoms with van der Waals surface area (Å²) < 4.78 is 1.95. The fraction of sp³-hybridized carbons (Fsp3) is 0.333. The van der Waals surface area contributed by atoms with Gasteiger partial charge in [0, 0.05) is 35.6 Å². The number of carbonyl (C=O) groups is 1. The van der Waals surface area contributed by atoms with Gasteiger partial charge in [-0.15, -0.1) is 0 Å². The summed E-state index contributed by atoms with van der Waals surface area (Å²) in [7, 11) is 0. The number of aromatic nitrogens is 5. The van der Waals surface area contributed by atoms with Crippen molar-refractivity contribution in [1.29, 1.82) is 0 Å². The Balaban J connectivity index is 1.33. The standard InChI is InChI=1S/C24H24N6O/c31-24(30(18-6-7-18)19-8-9-22-17(11-19)13-26-28-22)20-4-1-5-23-21(20)14-27-29(23)15-16-3-2-10-25-12-16/h1-5,10,12-14,18-19H,6-9,11,15H2,(H,26,28). The summed E-state index contributed by atoms with van der Waals surface area (Å²) in [5, 5.41) is 12.8. The average molecular weight is 412 g/mol. The van der Waals surface area contributed by atoms with Gasteiger partial charge in [0.2, 0.25) is 0 Å². The Bertz CT molecular complexity index is 1240. The van der Waals surface area contributed by atoms with E-state index in [0.29, 0.717) is 12.6 Å². The zero-order chi connectivity index (χ0) is 20.8. The average Bonchev–Trinajstić information content (AvgIpc) is 3.37. The topological polar surface area (TPSA) is 79.7 Å². The summed E-state index contributed by atoms with van der Waals surface area (Å²) in [6, 6.07) is 10.5. The molecule has 1 amide bonds. The first-order valence-electron chi connectivity index (χ1n) is 10.9. The first kappa shape index (κ1) is 18.3. The van der Waals surface area contributed by atoms with Crippen LogP contribution >= 0.6 is 0 Å². The molecule has 1 atom stereocenters. The normalized spacial score (nSPS) is 18.1. The van der Waals surface area contributed by atoms with Crippen molar-refractivity contribution < 1.29 is 4.79 Å².